The fourth-order valence-corrected chi connectivity index (χ4v) is 3.44. The maximum atomic E-state index is 12.5. The number of esters is 1. The molecule has 138 valence electrons. The van der Waals surface area contributed by atoms with Gasteiger partial charge in [0, 0.05) is 5.56 Å². The Bertz CT molecular complexity index is 840. The highest BCUT2D eigenvalue weighted by Gasteiger charge is 2.25. The quantitative estimate of drug-likeness (QED) is 0.754. The topological polar surface area (TPSA) is 108 Å². The molecule has 0 unspecified atom stereocenters. The van der Waals surface area contributed by atoms with Crippen LogP contribution >= 0.6 is 11.3 Å². The molecule has 0 aliphatic carbocycles. The highest BCUT2D eigenvalue weighted by Crippen LogP contribution is 2.33. The first-order valence-corrected chi connectivity index (χ1v) is 8.65. The van der Waals surface area contributed by atoms with E-state index in [-0.39, 0.29) is 21.5 Å². The fourth-order valence-electron chi connectivity index (χ4n) is 2.32. The van der Waals surface area contributed by atoms with E-state index in [0.717, 1.165) is 11.3 Å². The largest absolute Gasteiger partial charge is 0.491 e. The van der Waals surface area contributed by atoms with Crippen molar-refractivity contribution in [2.24, 2.45) is 5.73 Å². The Balaban J connectivity index is 2.28. The van der Waals surface area contributed by atoms with Gasteiger partial charge in [-0.2, -0.15) is 0 Å². The molecule has 2 amide bonds. The standard InChI is InChI=1S/C18H20N2O5S/c1-9(2)25-12-7-5-11(6-8-12)16(22)20-17-13(15(19)21)10(3)14(26-17)18(23)24-4/h5-9H,1-4H3,(H2,19,21)(H,20,22). The van der Waals surface area contributed by atoms with Gasteiger partial charge in [0.25, 0.3) is 11.8 Å². The van der Waals surface area contributed by atoms with Crippen LogP contribution < -0.4 is 15.8 Å². The molecule has 26 heavy (non-hydrogen) atoms. The molecule has 8 heteroatoms. The predicted octanol–water partition coefficient (Wildman–Crippen LogP) is 2.98. The summed E-state index contributed by atoms with van der Waals surface area (Å²) in [6.07, 6.45) is 0.0265. The fraction of sp³-hybridized carbons (Fsp3) is 0.278. The van der Waals surface area contributed by atoms with Gasteiger partial charge >= 0.3 is 5.97 Å². The lowest BCUT2D eigenvalue weighted by atomic mass is 10.1. The van der Waals surface area contributed by atoms with E-state index in [2.05, 4.69) is 5.32 Å². The molecule has 2 aromatic rings. The van der Waals surface area contributed by atoms with E-state index in [1.807, 2.05) is 13.8 Å². The zero-order valence-electron chi connectivity index (χ0n) is 14.9. The summed E-state index contributed by atoms with van der Waals surface area (Å²) >= 11 is 0.950. The van der Waals surface area contributed by atoms with Crippen molar-refractivity contribution in [3.63, 3.8) is 0 Å². The van der Waals surface area contributed by atoms with Gasteiger partial charge in [0.2, 0.25) is 0 Å². The van der Waals surface area contributed by atoms with Crippen LogP contribution in [-0.2, 0) is 4.74 Å². The molecule has 0 spiro atoms. The molecular weight excluding hydrogens is 356 g/mol. The van der Waals surface area contributed by atoms with Crippen LogP contribution in [0.5, 0.6) is 5.75 Å². The second kappa shape index (κ2) is 8.01. The number of ether oxygens (including phenoxy) is 2. The summed E-state index contributed by atoms with van der Waals surface area (Å²) in [5, 5.41) is 2.85. The summed E-state index contributed by atoms with van der Waals surface area (Å²) in [4.78, 5) is 36.2. The first kappa shape index (κ1) is 19.5. The number of hydrogen-bond donors (Lipinski definition) is 2. The van der Waals surface area contributed by atoms with E-state index in [0.29, 0.717) is 16.9 Å². The van der Waals surface area contributed by atoms with Crippen molar-refractivity contribution in [3.05, 3.63) is 45.8 Å². The summed E-state index contributed by atoms with van der Waals surface area (Å²) < 4.78 is 10.2. The third-order valence-electron chi connectivity index (χ3n) is 3.48. The van der Waals surface area contributed by atoms with E-state index >= 15 is 0 Å². The van der Waals surface area contributed by atoms with Crippen LogP contribution in [-0.4, -0.2) is 31.0 Å². The zero-order chi connectivity index (χ0) is 19.4. The molecule has 0 aliphatic heterocycles. The number of thiophene rings is 1. The number of nitrogens with one attached hydrogen (secondary N) is 1. The molecule has 1 aromatic carbocycles. The second-order valence-electron chi connectivity index (χ2n) is 5.76. The molecule has 1 aromatic heterocycles. The average molecular weight is 376 g/mol. The lowest BCUT2D eigenvalue weighted by Gasteiger charge is -2.10. The second-order valence-corrected chi connectivity index (χ2v) is 6.78. The Hall–Kier alpha value is -2.87. The van der Waals surface area contributed by atoms with Crippen molar-refractivity contribution in [3.8, 4) is 5.75 Å². The van der Waals surface area contributed by atoms with Crippen LogP contribution in [0.25, 0.3) is 0 Å². The maximum absolute atomic E-state index is 12.5. The number of benzene rings is 1. The van der Waals surface area contributed by atoms with Crippen molar-refractivity contribution < 1.29 is 23.9 Å². The third kappa shape index (κ3) is 4.20. The number of amides is 2. The molecule has 0 aliphatic rings. The summed E-state index contributed by atoms with van der Waals surface area (Å²) in [5.41, 5.74) is 6.26. The average Bonchev–Trinajstić information content (AvgIpc) is 2.90. The van der Waals surface area contributed by atoms with E-state index < -0.39 is 17.8 Å². The zero-order valence-corrected chi connectivity index (χ0v) is 15.7. The SMILES string of the molecule is COC(=O)c1sc(NC(=O)c2ccc(OC(C)C)cc2)c(C(N)=O)c1C. The van der Waals surface area contributed by atoms with Crippen molar-refractivity contribution in [1.29, 1.82) is 0 Å². The monoisotopic (exact) mass is 376 g/mol. The van der Waals surface area contributed by atoms with Crippen LogP contribution in [0.2, 0.25) is 0 Å². The van der Waals surface area contributed by atoms with Gasteiger partial charge in [0.05, 0.1) is 18.8 Å². The van der Waals surface area contributed by atoms with Gasteiger partial charge in [-0.3, -0.25) is 9.59 Å². The van der Waals surface area contributed by atoms with Crippen LogP contribution in [0.3, 0.4) is 0 Å². The smallest absolute Gasteiger partial charge is 0.348 e. The van der Waals surface area contributed by atoms with Gasteiger partial charge in [-0.1, -0.05) is 0 Å². The van der Waals surface area contributed by atoms with E-state index in [1.165, 1.54) is 7.11 Å². The Morgan fingerprint density at radius 1 is 1.15 bits per heavy atom. The first-order chi connectivity index (χ1) is 12.2. The first-order valence-electron chi connectivity index (χ1n) is 7.84. The van der Waals surface area contributed by atoms with Crippen molar-refractivity contribution in [1.82, 2.24) is 0 Å². The van der Waals surface area contributed by atoms with Gasteiger partial charge in [-0.25, -0.2) is 4.79 Å². The molecule has 0 saturated heterocycles. The highest BCUT2D eigenvalue weighted by atomic mass is 32.1. The Morgan fingerprint density at radius 2 is 1.77 bits per heavy atom. The molecule has 0 radical (unpaired) electrons. The Kier molecular flexibility index (Phi) is 5.99. The number of primary amides is 1. The maximum Gasteiger partial charge on any atom is 0.348 e. The molecule has 0 bridgehead atoms. The lowest BCUT2D eigenvalue weighted by molar-refractivity contribution is 0.0605. The van der Waals surface area contributed by atoms with E-state index in [1.54, 1.807) is 31.2 Å². The molecule has 2 rings (SSSR count). The predicted molar refractivity (Wildman–Crippen MR) is 99.1 cm³/mol. The van der Waals surface area contributed by atoms with E-state index in [4.69, 9.17) is 15.2 Å². The molecule has 1 heterocycles. The minimum Gasteiger partial charge on any atom is -0.491 e. The number of anilines is 1. The number of nitrogens with two attached hydrogens (primary N) is 1. The Labute approximate surface area is 155 Å². The number of methoxy groups -OCH3 is 1. The molecular formula is C18H20N2O5S. The number of carbonyl (C=O) groups is 3. The lowest BCUT2D eigenvalue weighted by Crippen LogP contribution is -2.17. The van der Waals surface area contributed by atoms with Gasteiger partial charge in [-0.05, 0) is 50.6 Å². The van der Waals surface area contributed by atoms with Crippen molar-refractivity contribution in [2.45, 2.75) is 26.9 Å². The molecule has 0 atom stereocenters. The highest BCUT2D eigenvalue weighted by molar-refractivity contribution is 7.18. The number of hydrogen-bond acceptors (Lipinski definition) is 6. The Morgan fingerprint density at radius 3 is 2.27 bits per heavy atom. The van der Waals surface area contributed by atoms with Gasteiger partial charge in [0.15, 0.2) is 0 Å². The summed E-state index contributed by atoms with van der Waals surface area (Å²) in [6.45, 7) is 5.39. The number of rotatable bonds is 6. The van der Waals surface area contributed by atoms with Crippen LogP contribution in [0.1, 0.15) is 49.8 Å². The van der Waals surface area contributed by atoms with Gasteiger partial charge in [0.1, 0.15) is 15.6 Å². The third-order valence-corrected chi connectivity index (χ3v) is 4.67. The molecule has 0 fully saturated rings. The van der Waals surface area contributed by atoms with Crippen molar-refractivity contribution in [2.75, 3.05) is 12.4 Å². The van der Waals surface area contributed by atoms with Crippen LogP contribution in [0.15, 0.2) is 24.3 Å². The van der Waals surface area contributed by atoms with E-state index in [9.17, 15) is 14.4 Å². The summed E-state index contributed by atoms with van der Waals surface area (Å²) in [5.74, 6) is -1.11. The summed E-state index contributed by atoms with van der Waals surface area (Å²) in [7, 11) is 1.24. The van der Waals surface area contributed by atoms with Crippen LogP contribution in [0.4, 0.5) is 5.00 Å². The van der Waals surface area contributed by atoms with Crippen molar-refractivity contribution >= 4 is 34.1 Å². The van der Waals surface area contributed by atoms with Gasteiger partial charge in [-0.15, -0.1) is 11.3 Å². The van der Waals surface area contributed by atoms with Crippen LogP contribution in [0, 0.1) is 6.92 Å². The minimum absolute atomic E-state index is 0.0265. The molecule has 3 N–H and O–H groups in total. The number of carbonyl (C=O) groups excluding carboxylic acids is 3. The molecule has 7 nitrogen and oxygen atoms in total. The summed E-state index contributed by atoms with van der Waals surface area (Å²) in [6, 6.07) is 6.59. The normalized spacial score (nSPS) is 10.5. The minimum atomic E-state index is -0.732. The molecule has 0 saturated carbocycles. The van der Waals surface area contributed by atoms with Gasteiger partial charge < -0.3 is 20.5 Å².